The van der Waals surface area contributed by atoms with Crippen molar-refractivity contribution in [3.63, 3.8) is 0 Å². The maximum Gasteiger partial charge on any atom is 0.124 e. The van der Waals surface area contributed by atoms with Crippen molar-refractivity contribution in [3.8, 4) is 11.1 Å². The summed E-state index contributed by atoms with van der Waals surface area (Å²) < 4.78 is 0. The first-order valence-corrected chi connectivity index (χ1v) is 6.02. The minimum atomic E-state index is 0.523. The molecule has 0 amide bonds. The van der Waals surface area contributed by atoms with Crippen molar-refractivity contribution in [1.82, 2.24) is 0 Å². The Kier molecular flexibility index (Phi) is 2.52. The molecule has 1 nitrogen and oxygen atoms in total. The fourth-order valence-corrected chi connectivity index (χ4v) is 2.61. The van der Waals surface area contributed by atoms with E-state index in [-0.39, 0.29) is 0 Å². The van der Waals surface area contributed by atoms with Gasteiger partial charge in [0.2, 0.25) is 0 Å². The zero-order valence-electron chi connectivity index (χ0n) is 9.65. The molecule has 0 saturated carbocycles. The van der Waals surface area contributed by atoms with Crippen molar-refractivity contribution in [2.45, 2.75) is 19.3 Å². The largest absolute Gasteiger partial charge is 0.303 e. The first kappa shape index (κ1) is 10.3. The van der Waals surface area contributed by atoms with E-state index in [4.69, 9.17) is 0 Å². The highest BCUT2D eigenvalue weighted by molar-refractivity contribution is 5.73. The lowest BCUT2D eigenvalue weighted by molar-refractivity contribution is -0.107. The lowest BCUT2D eigenvalue weighted by Gasteiger charge is -2.20. The maximum absolute atomic E-state index is 10.5. The Morgan fingerprint density at radius 2 is 1.71 bits per heavy atom. The predicted octanol–water partition coefficient (Wildman–Crippen LogP) is 3.19. The summed E-state index contributed by atoms with van der Waals surface area (Å²) in [5, 5.41) is 0. The summed E-state index contributed by atoms with van der Waals surface area (Å²) >= 11 is 0. The highest BCUT2D eigenvalue weighted by Gasteiger charge is 2.15. The Bertz CT molecular complexity index is 569. The number of hydrogen-bond acceptors (Lipinski definition) is 1. The molecule has 0 N–H and O–H groups in total. The van der Waals surface area contributed by atoms with Gasteiger partial charge in [-0.05, 0) is 40.7 Å². The van der Waals surface area contributed by atoms with Crippen LogP contribution in [0.1, 0.15) is 16.7 Å². The van der Waals surface area contributed by atoms with Gasteiger partial charge in [-0.15, -0.1) is 0 Å². The molecule has 0 aromatic heterocycles. The summed E-state index contributed by atoms with van der Waals surface area (Å²) in [6.45, 7) is 0. The number of aldehydes is 1. The van der Waals surface area contributed by atoms with Crippen LogP contribution in [0.5, 0.6) is 0 Å². The molecular weight excluding hydrogens is 208 g/mol. The molecule has 17 heavy (non-hydrogen) atoms. The van der Waals surface area contributed by atoms with Crippen molar-refractivity contribution < 1.29 is 4.79 Å². The quantitative estimate of drug-likeness (QED) is 0.713. The van der Waals surface area contributed by atoms with Crippen LogP contribution in [0.15, 0.2) is 42.5 Å². The van der Waals surface area contributed by atoms with Crippen LogP contribution in [0, 0.1) is 0 Å². The van der Waals surface area contributed by atoms with E-state index in [2.05, 4.69) is 42.5 Å². The van der Waals surface area contributed by atoms with Crippen LogP contribution in [0.2, 0.25) is 0 Å². The third kappa shape index (κ3) is 1.78. The van der Waals surface area contributed by atoms with Gasteiger partial charge < -0.3 is 4.79 Å². The molecule has 0 radical (unpaired) electrons. The van der Waals surface area contributed by atoms with Crippen molar-refractivity contribution in [1.29, 1.82) is 0 Å². The van der Waals surface area contributed by atoms with Crippen molar-refractivity contribution in [3.05, 3.63) is 59.2 Å². The third-order valence-corrected chi connectivity index (χ3v) is 3.46. The molecule has 0 saturated heterocycles. The average molecular weight is 222 g/mol. The zero-order valence-corrected chi connectivity index (χ0v) is 9.65. The molecule has 0 unspecified atom stereocenters. The number of fused-ring (bicyclic) bond motifs is 3. The summed E-state index contributed by atoms with van der Waals surface area (Å²) in [6.07, 6.45) is 3.68. The van der Waals surface area contributed by atoms with E-state index >= 15 is 0 Å². The lowest BCUT2D eigenvalue weighted by atomic mass is 9.85. The molecule has 0 aliphatic heterocycles. The fraction of sp³-hybridized carbons (Fsp3) is 0.188. The van der Waals surface area contributed by atoms with Gasteiger partial charge in [0.05, 0.1) is 0 Å². The smallest absolute Gasteiger partial charge is 0.124 e. The highest BCUT2D eigenvalue weighted by atomic mass is 16.1. The van der Waals surface area contributed by atoms with Crippen molar-refractivity contribution in [2.75, 3.05) is 0 Å². The number of benzene rings is 2. The number of carbonyl (C=O) groups is 1. The Labute approximate surface area is 101 Å². The van der Waals surface area contributed by atoms with Crippen molar-refractivity contribution in [2.24, 2.45) is 0 Å². The van der Waals surface area contributed by atoms with Crippen LogP contribution >= 0.6 is 0 Å². The Hall–Kier alpha value is -1.89. The van der Waals surface area contributed by atoms with Gasteiger partial charge in [-0.3, -0.25) is 0 Å². The third-order valence-electron chi connectivity index (χ3n) is 3.46. The van der Waals surface area contributed by atoms with E-state index in [0.29, 0.717) is 6.42 Å². The highest BCUT2D eigenvalue weighted by Crippen LogP contribution is 2.33. The molecule has 0 atom stereocenters. The van der Waals surface area contributed by atoms with Crippen LogP contribution in [-0.2, 0) is 24.1 Å². The number of carbonyl (C=O) groups excluding carboxylic acids is 1. The molecule has 2 aromatic rings. The van der Waals surface area contributed by atoms with E-state index in [0.717, 1.165) is 24.7 Å². The Balaban J connectivity index is 2.11. The molecule has 84 valence electrons. The lowest BCUT2D eigenvalue weighted by Crippen LogP contribution is -2.04. The predicted molar refractivity (Wildman–Crippen MR) is 69.1 cm³/mol. The maximum atomic E-state index is 10.5. The second-order valence-electron chi connectivity index (χ2n) is 4.52. The van der Waals surface area contributed by atoms with Gasteiger partial charge in [-0.1, -0.05) is 42.5 Å². The molecular formula is C16H14O. The van der Waals surface area contributed by atoms with E-state index in [9.17, 15) is 4.79 Å². The topological polar surface area (TPSA) is 17.1 Å². The first-order chi connectivity index (χ1) is 8.38. The molecule has 1 aliphatic carbocycles. The van der Waals surface area contributed by atoms with Gasteiger partial charge in [0.25, 0.3) is 0 Å². The van der Waals surface area contributed by atoms with Crippen LogP contribution in [0.3, 0.4) is 0 Å². The number of aryl methyl sites for hydroxylation is 2. The zero-order chi connectivity index (χ0) is 11.7. The van der Waals surface area contributed by atoms with E-state index < -0.39 is 0 Å². The van der Waals surface area contributed by atoms with Gasteiger partial charge >= 0.3 is 0 Å². The van der Waals surface area contributed by atoms with Gasteiger partial charge in [-0.2, -0.15) is 0 Å². The van der Waals surface area contributed by atoms with Crippen LogP contribution in [0.4, 0.5) is 0 Å². The first-order valence-electron chi connectivity index (χ1n) is 6.02. The Morgan fingerprint density at radius 3 is 2.59 bits per heavy atom. The Morgan fingerprint density at radius 1 is 0.941 bits per heavy atom. The van der Waals surface area contributed by atoms with Gasteiger partial charge in [0.1, 0.15) is 6.29 Å². The second-order valence-corrected chi connectivity index (χ2v) is 4.52. The molecule has 2 aromatic carbocycles. The average Bonchev–Trinajstić information content (AvgIpc) is 2.39. The van der Waals surface area contributed by atoms with Gasteiger partial charge in [-0.25, -0.2) is 0 Å². The van der Waals surface area contributed by atoms with E-state index in [1.165, 1.54) is 22.3 Å². The van der Waals surface area contributed by atoms with Gasteiger partial charge in [0, 0.05) is 6.42 Å². The summed E-state index contributed by atoms with van der Waals surface area (Å²) in [6, 6.07) is 15.0. The standard InChI is InChI=1S/C16H14O/c17-10-9-12-5-8-16-14(11-12)7-6-13-3-1-2-4-15(13)16/h1-5,8,10-11H,6-7,9H2. The molecule has 0 heterocycles. The fourth-order valence-electron chi connectivity index (χ4n) is 2.61. The normalized spacial score (nSPS) is 12.7. The van der Waals surface area contributed by atoms with E-state index in [1.54, 1.807) is 0 Å². The summed E-state index contributed by atoms with van der Waals surface area (Å²) in [5.74, 6) is 0. The number of rotatable bonds is 2. The molecule has 0 spiro atoms. The summed E-state index contributed by atoms with van der Waals surface area (Å²) in [4.78, 5) is 10.5. The molecule has 0 fully saturated rings. The SMILES string of the molecule is O=CCc1ccc2c(c1)CCc1ccccc1-2. The van der Waals surface area contributed by atoms with Gasteiger partial charge in [0.15, 0.2) is 0 Å². The summed E-state index contributed by atoms with van der Waals surface area (Å²) in [5.41, 5.74) is 6.62. The molecule has 3 rings (SSSR count). The van der Waals surface area contributed by atoms with Crippen LogP contribution in [-0.4, -0.2) is 6.29 Å². The van der Waals surface area contributed by atoms with Crippen LogP contribution in [0.25, 0.3) is 11.1 Å². The summed E-state index contributed by atoms with van der Waals surface area (Å²) in [7, 11) is 0. The minimum Gasteiger partial charge on any atom is -0.303 e. The monoisotopic (exact) mass is 222 g/mol. The molecule has 1 aliphatic rings. The number of hydrogen-bond donors (Lipinski definition) is 0. The van der Waals surface area contributed by atoms with E-state index in [1.807, 2.05) is 0 Å². The van der Waals surface area contributed by atoms with Crippen LogP contribution < -0.4 is 0 Å². The molecule has 1 heteroatoms. The second kappa shape index (κ2) is 4.17. The minimum absolute atomic E-state index is 0.523. The van der Waals surface area contributed by atoms with Crippen molar-refractivity contribution >= 4 is 6.29 Å². The molecule has 0 bridgehead atoms.